The summed E-state index contributed by atoms with van der Waals surface area (Å²) in [6, 6.07) is 7.47. The van der Waals surface area contributed by atoms with Crippen molar-refractivity contribution in [3.8, 4) is 11.5 Å². The van der Waals surface area contributed by atoms with Crippen LogP contribution in [0, 0.1) is 11.6 Å². The Balaban J connectivity index is 1.77. The third-order valence-corrected chi connectivity index (χ3v) is 5.33. The van der Waals surface area contributed by atoms with Crippen molar-refractivity contribution in [2.45, 2.75) is 32.9 Å². The molecule has 0 radical (unpaired) electrons. The lowest BCUT2D eigenvalue weighted by atomic mass is 10.0. The van der Waals surface area contributed by atoms with Gasteiger partial charge in [-0.15, -0.1) is 0 Å². The first-order chi connectivity index (χ1) is 14.8. The molecule has 1 aliphatic heterocycles. The standard InChI is InChI=1S/C23H26F2N2O4/c1-5-31-17-7-9-19(21(25)11-17)23(29)27-14(2)12-26(13-15(27)3)22(28)18-8-6-16(30-4)10-20(18)24/h6-11,14-15H,5,12-13H2,1-4H3/t14-,15-/m1/s1. The van der Waals surface area contributed by atoms with Crippen LogP contribution in [0.4, 0.5) is 8.78 Å². The first kappa shape index (κ1) is 22.5. The fourth-order valence-electron chi connectivity index (χ4n) is 3.92. The topological polar surface area (TPSA) is 59.1 Å². The molecule has 2 amide bonds. The minimum Gasteiger partial charge on any atom is -0.497 e. The van der Waals surface area contributed by atoms with E-state index in [9.17, 15) is 18.4 Å². The molecule has 0 aliphatic carbocycles. The normalized spacial score (nSPS) is 18.6. The Bertz CT molecular complexity index is 970. The molecule has 0 saturated carbocycles. The molecule has 8 heteroatoms. The number of ether oxygens (including phenoxy) is 2. The van der Waals surface area contributed by atoms with Gasteiger partial charge in [0.1, 0.15) is 23.1 Å². The first-order valence-electron chi connectivity index (χ1n) is 10.1. The van der Waals surface area contributed by atoms with Gasteiger partial charge in [0.15, 0.2) is 0 Å². The van der Waals surface area contributed by atoms with Gasteiger partial charge in [-0.3, -0.25) is 9.59 Å². The van der Waals surface area contributed by atoms with E-state index in [0.29, 0.717) is 18.1 Å². The van der Waals surface area contributed by atoms with Crippen LogP contribution < -0.4 is 9.47 Å². The van der Waals surface area contributed by atoms with Gasteiger partial charge in [-0.05, 0) is 45.0 Å². The van der Waals surface area contributed by atoms with Crippen molar-refractivity contribution in [1.29, 1.82) is 0 Å². The lowest BCUT2D eigenvalue weighted by Gasteiger charge is -2.44. The molecule has 2 aromatic carbocycles. The van der Waals surface area contributed by atoms with E-state index in [1.165, 1.54) is 36.3 Å². The Kier molecular flexibility index (Phi) is 6.77. The fraction of sp³-hybridized carbons (Fsp3) is 0.391. The van der Waals surface area contributed by atoms with Gasteiger partial charge in [0.2, 0.25) is 0 Å². The largest absolute Gasteiger partial charge is 0.497 e. The Labute approximate surface area is 180 Å². The molecule has 0 unspecified atom stereocenters. The number of methoxy groups -OCH3 is 1. The van der Waals surface area contributed by atoms with Crippen molar-refractivity contribution < 1.29 is 27.8 Å². The maximum absolute atomic E-state index is 14.5. The highest BCUT2D eigenvalue weighted by Crippen LogP contribution is 2.25. The molecular formula is C23H26F2N2O4. The van der Waals surface area contributed by atoms with E-state index in [4.69, 9.17) is 9.47 Å². The van der Waals surface area contributed by atoms with Gasteiger partial charge in [-0.2, -0.15) is 0 Å². The summed E-state index contributed by atoms with van der Waals surface area (Å²) in [5, 5.41) is 0. The van der Waals surface area contributed by atoms with Gasteiger partial charge in [-0.25, -0.2) is 8.78 Å². The van der Waals surface area contributed by atoms with Crippen LogP contribution in [0.15, 0.2) is 36.4 Å². The maximum Gasteiger partial charge on any atom is 0.257 e. The number of rotatable bonds is 5. The summed E-state index contributed by atoms with van der Waals surface area (Å²) in [5.41, 5.74) is -0.110. The van der Waals surface area contributed by atoms with Crippen LogP contribution in [-0.2, 0) is 0 Å². The minimum atomic E-state index is -0.667. The van der Waals surface area contributed by atoms with Crippen molar-refractivity contribution in [2.75, 3.05) is 26.8 Å². The third kappa shape index (κ3) is 4.62. The molecule has 1 fully saturated rings. The second-order valence-corrected chi connectivity index (χ2v) is 7.54. The van der Waals surface area contributed by atoms with Crippen molar-refractivity contribution in [2.24, 2.45) is 0 Å². The highest BCUT2D eigenvalue weighted by Gasteiger charge is 2.36. The molecule has 1 aliphatic rings. The molecule has 166 valence electrons. The number of amides is 2. The molecule has 1 saturated heterocycles. The Morgan fingerprint density at radius 3 is 1.97 bits per heavy atom. The molecule has 0 spiro atoms. The van der Waals surface area contributed by atoms with Gasteiger partial charge in [-0.1, -0.05) is 0 Å². The van der Waals surface area contributed by atoms with E-state index >= 15 is 0 Å². The third-order valence-electron chi connectivity index (χ3n) is 5.33. The van der Waals surface area contributed by atoms with Gasteiger partial charge >= 0.3 is 0 Å². The molecule has 2 aromatic rings. The number of carbonyl (C=O) groups is 2. The van der Waals surface area contributed by atoms with Crippen LogP contribution >= 0.6 is 0 Å². The van der Waals surface area contributed by atoms with Gasteiger partial charge in [0, 0.05) is 37.3 Å². The predicted molar refractivity (Wildman–Crippen MR) is 112 cm³/mol. The van der Waals surface area contributed by atoms with E-state index < -0.39 is 23.4 Å². The average molecular weight is 432 g/mol. The minimum absolute atomic E-state index is 0.0527. The monoisotopic (exact) mass is 432 g/mol. The zero-order valence-electron chi connectivity index (χ0n) is 18.0. The van der Waals surface area contributed by atoms with Crippen molar-refractivity contribution >= 4 is 11.8 Å². The summed E-state index contributed by atoms with van der Waals surface area (Å²) < 4.78 is 39.1. The Hall–Kier alpha value is -3.16. The number of halogens is 2. The second-order valence-electron chi connectivity index (χ2n) is 7.54. The SMILES string of the molecule is CCOc1ccc(C(=O)N2[C@H](C)CN(C(=O)c3ccc(OC)cc3F)C[C@H]2C)c(F)c1. The number of benzene rings is 2. The molecule has 1 heterocycles. The van der Waals surface area contributed by atoms with Gasteiger partial charge in [0.25, 0.3) is 11.8 Å². The highest BCUT2D eigenvalue weighted by molar-refractivity contribution is 5.97. The molecule has 3 rings (SSSR count). The summed E-state index contributed by atoms with van der Waals surface area (Å²) in [4.78, 5) is 29.0. The number of carbonyl (C=O) groups excluding carboxylic acids is 2. The van der Waals surface area contributed by atoms with Crippen LogP contribution in [0.25, 0.3) is 0 Å². The summed E-state index contributed by atoms with van der Waals surface area (Å²) in [6.45, 7) is 6.16. The smallest absolute Gasteiger partial charge is 0.257 e. The van der Waals surface area contributed by atoms with Crippen LogP contribution in [0.5, 0.6) is 11.5 Å². The van der Waals surface area contributed by atoms with Crippen LogP contribution in [-0.4, -0.2) is 60.5 Å². The van der Waals surface area contributed by atoms with Crippen LogP contribution in [0.2, 0.25) is 0 Å². The Morgan fingerprint density at radius 1 is 0.935 bits per heavy atom. The Morgan fingerprint density at radius 2 is 1.45 bits per heavy atom. The zero-order chi connectivity index (χ0) is 22.7. The maximum atomic E-state index is 14.5. The van der Waals surface area contributed by atoms with Crippen LogP contribution in [0.1, 0.15) is 41.5 Å². The van der Waals surface area contributed by atoms with E-state index in [2.05, 4.69) is 0 Å². The number of piperazine rings is 1. The molecule has 2 atom stereocenters. The zero-order valence-corrected chi connectivity index (χ0v) is 18.0. The number of hydrogen-bond donors (Lipinski definition) is 0. The number of nitrogens with zero attached hydrogens (tertiary/aromatic N) is 2. The van der Waals surface area contributed by atoms with E-state index in [1.807, 2.05) is 0 Å². The molecule has 0 bridgehead atoms. The lowest BCUT2D eigenvalue weighted by Crippen LogP contribution is -2.60. The average Bonchev–Trinajstić information content (AvgIpc) is 2.72. The summed E-state index contributed by atoms with van der Waals surface area (Å²) >= 11 is 0. The van der Waals surface area contributed by atoms with E-state index in [0.717, 1.165) is 6.07 Å². The van der Waals surface area contributed by atoms with Crippen molar-refractivity contribution in [1.82, 2.24) is 9.80 Å². The lowest BCUT2D eigenvalue weighted by molar-refractivity contribution is 0.0249. The van der Waals surface area contributed by atoms with E-state index in [-0.39, 0.29) is 36.3 Å². The summed E-state index contributed by atoms with van der Waals surface area (Å²) in [5.74, 6) is -1.56. The molecular weight excluding hydrogens is 406 g/mol. The van der Waals surface area contributed by atoms with Gasteiger partial charge < -0.3 is 19.3 Å². The van der Waals surface area contributed by atoms with E-state index in [1.54, 1.807) is 31.7 Å². The summed E-state index contributed by atoms with van der Waals surface area (Å²) in [7, 11) is 1.42. The van der Waals surface area contributed by atoms with Crippen molar-refractivity contribution in [3.05, 3.63) is 59.2 Å². The highest BCUT2D eigenvalue weighted by atomic mass is 19.1. The molecule has 6 nitrogen and oxygen atoms in total. The van der Waals surface area contributed by atoms with Crippen molar-refractivity contribution in [3.63, 3.8) is 0 Å². The quantitative estimate of drug-likeness (QED) is 0.722. The van der Waals surface area contributed by atoms with Gasteiger partial charge in [0.05, 0.1) is 24.8 Å². The first-order valence-corrected chi connectivity index (χ1v) is 10.1. The molecule has 0 aromatic heterocycles. The molecule has 31 heavy (non-hydrogen) atoms. The van der Waals surface area contributed by atoms with Crippen LogP contribution in [0.3, 0.4) is 0 Å². The predicted octanol–water partition coefficient (Wildman–Crippen LogP) is 3.75. The second kappa shape index (κ2) is 9.32. The fourth-order valence-corrected chi connectivity index (χ4v) is 3.92. The number of hydrogen-bond acceptors (Lipinski definition) is 4. The summed E-state index contributed by atoms with van der Waals surface area (Å²) in [6.07, 6.45) is 0. The molecule has 0 N–H and O–H groups in total.